The van der Waals surface area contributed by atoms with Gasteiger partial charge < -0.3 is 14.8 Å². The molecule has 2 rings (SSSR count). The first-order valence-electron chi connectivity index (χ1n) is 6.00. The Labute approximate surface area is 111 Å². The van der Waals surface area contributed by atoms with Gasteiger partial charge in [0.1, 0.15) is 0 Å². The summed E-state index contributed by atoms with van der Waals surface area (Å²) in [7, 11) is 3.41. The zero-order valence-electron chi connectivity index (χ0n) is 11.3. The summed E-state index contributed by atoms with van der Waals surface area (Å²) < 4.78 is 12.3. The van der Waals surface area contributed by atoms with Crippen LogP contribution in [-0.2, 0) is 13.6 Å². The van der Waals surface area contributed by atoms with Gasteiger partial charge in [0.2, 0.25) is 5.95 Å². The molecule has 0 saturated carbocycles. The summed E-state index contributed by atoms with van der Waals surface area (Å²) in [5.74, 6) is 2.08. The number of benzene rings is 1. The van der Waals surface area contributed by atoms with Crippen LogP contribution in [0.1, 0.15) is 12.5 Å². The van der Waals surface area contributed by atoms with E-state index in [1.807, 2.05) is 25.1 Å². The molecular formula is C12H17N5O2. The second kappa shape index (κ2) is 6.03. The number of tetrazole rings is 1. The number of hydrogen-bond acceptors (Lipinski definition) is 6. The predicted octanol–water partition coefficient (Wildman–Crippen LogP) is 1.23. The number of nitrogens with zero attached hydrogens (tertiary/aromatic N) is 4. The number of aryl methyl sites for hydroxylation is 1. The molecule has 0 saturated heterocycles. The van der Waals surface area contributed by atoms with Gasteiger partial charge in [0.05, 0.1) is 13.7 Å². The SMILES string of the molecule is CCOc1ccc(CNc2nnnn2C)cc1OC. The molecule has 102 valence electrons. The van der Waals surface area contributed by atoms with Gasteiger partial charge in [-0.05, 0) is 35.0 Å². The fourth-order valence-corrected chi connectivity index (χ4v) is 1.66. The Balaban J connectivity index is 2.07. The molecule has 0 fully saturated rings. The van der Waals surface area contributed by atoms with Crippen LogP contribution in [0.4, 0.5) is 5.95 Å². The zero-order chi connectivity index (χ0) is 13.7. The minimum Gasteiger partial charge on any atom is -0.493 e. The third-order valence-electron chi connectivity index (χ3n) is 2.60. The second-order valence-electron chi connectivity index (χ2n) is 3.90. The van der Waals surface area contributed by atoms with Crippen LogP contribution >= 0.6 is 0 Å². The van der Waals surface area contributed by atoms with Crippen LogP contribution < -0.4 is 14.8 Å². The molecule has 0 radical (unpaired) electrons. The Morgan fingerprint density at radius 2 is 2.16 bits per heavy atom. The summed E-state index contributed by atoms with van der Waals surface area (Å²) >= 11 is 0. The van der Waals surface area contributed by atoms with Crippen LogP contribution in [0.25, 0.3) is 0 Å². The minimum atomic E-state index is 0.608. The fourth-order valence-electron chi connectivity index (χ4n) is 1.66. The van der Waals surface area contributed by atoms with Crippen molar-refractivity contribution in [2.24, 2.45) is 7.05 Å². The molecule has 0 unspecified atom stereocenters. The maximum Gasteiger partial charge on any atom is 0.242 e. The van der Waals surface area contributed by atoms with Crippen molar-refractivity contribution in [2.75, 3.05) is 19.0 Å². The van der Waals surface area contributed by atoms with E-state index >= 15 is 0 Å². The Kier molecular flexibility index (Phi) is 4.17. The van der Waals surface area contributed by atoms with Gasteiger partial charge in [-0.15, -0.1) is 0 Å². The summed E-state index contributed by atoms with van der Waals surface area (Å²) in [6, 6.07) is 5.81. The second-order valence-corrected chi connectivity index (χ2v) is 3.90. The third kappa shape index (κ3) is 3.12. The van der Waals surface area contributed by atoms with Crippen LogP contribution in [-0.4, -0.2) is 33.9 Å². The number of anilines is 1. The molecule has 0 aliphatic rings. The van der Waals surface area contributed by atoms with Gasteiger partial charge in [-0.1, -0.05) is 11.2 Å². The molecule has 1 heterocycles. The number of hydrogen-bond donors (Lipinski definition) is 1. The lowest BCUT2D eigenvalue weighted by Crippen LogP contribution is -2.06. The van der Waals surface area contributed by atoms with Crippen molar-refractivity contribution in [3.63, 3.8) is 0 Å². The topological polar surface area (TPSA) is 74.1 Å². The summed E-state index contributed by atoms with van der Waals surface area (Å²) in [6.45, 7) is 3.16. The van der Waals surface area contributed by atoms with Gasteiger partial charge in [0.25, 0.3) is 0 Å². The Hall–Kier alpha value is -2.31. The number of nitrogens with one attached hydrogen (secondary N) is 1. The molecule has 0 spiro atoms. The highest BCUT2D eigenvalue weighted by molar-refractivity contribution is 5.43. The van der Waals surface area contributed by atoms with Gasteiger partial charge in [-0.2, -0.15) is 0 Å². The standard InChI is InChI=1S/C12H17N5O2/c1-4-19-10-6-5-9(7-11(10)18-3)8-13-12-14-15-16-17(12)2/h5-7H,4,8H2,1-3H3,(H,13,14,16). The first-order valence-corrected chi connectivity index (χ1v) is 6.00. The van der Waals surface area contributed by atoms with Gasteiger partial charge in [-0.3, -0.25) is 0 Å². The molecule has 1 N–H and O–H groups in total. The van der Waals surface area contributed by atoms with E-state index in [-0.39, 0.29) is 0 Å². The Morgan fingerprint density at radius 3 is 2.79 bits per heavy atom. The Morgan fingerprint density at radius 1 is 1.32 bits per heavy atom. The van der Waals surface area contributed by atoms with E-state index in [1.54, 1.807) is 18.8 Å². The molecule has 7 heteroatoms. The highest BCUT2D eigenvalue weighted by Crippen LogP contribution is 2.28. The van der Waals surface area contributed by atoms with Gasteiger partial charge in [0.15, 0.2) is 11.5 Å². The molecule has 1 aromatic heterocycles. The first kappa shape index (κ1) is 13.1. The average Bonchev–Trinajstić information content (AvgIpc) is 2.83. The smallest absolute Gasteiger partial charge is 0.242 e. The Bertz CT molecular complexity index is 541. The molecule has 19 heavy (non-hydrogen) atoms. The maximum absolute atomic E-state index is 5.47. The van der Waals surface area contributed by atoms with Crippen molar-refractivity contribution in [3.05, 3.63) is 23.8 Å². The molecule has 1 aromatic carbocycles. The van der Waals surface area contributed by atoms with Crippen LogP contribution in [0.3, 0.4) is 0 Å². The highest BCUT2D eigenvalue weighted by atomic mass is 16.5. The minimum absolute atomic E-state index is 0.608. The van der Waals surface area contributed by atoms with E-state index in [0.29, 0.717) is 19.1 Å². The lowest BCUT2D eigenvalue weighted by atomic mass is 10.2. The van der Waals surface area contributed by atoms with Crippen molar-refractivity contribution in [3.8, 4) is 11.5 Å². The van der Waals surface area contributed by atoms with E-state index in [1.165, 1.54) is 0 Å². The third-order valence-corrected chi connectivity index (χ3v) is 2.60. The van der Waals surface area contributed by atoms with E-state index < -0.39 is 0 Å². The molecular weight excluding hydrogens is 246 g/mol. The van der Waals surface area contributed by atoms with Crippen molar-refractivity contribution in [1.82, 2.24) is 20.2 Å². The average molecular weight is 263 g/mol. The molecule has 7 nitrogen and oxygen atoms in total. The summed E-state index contributed by atoms with van der Waals surface area (Å²) in [4.78, 5) is 0. The summed E-state index contributed by atoms with van der Waals surface area (Å²) in [6.07, 6.45) is 0. The largest absolute Gasteiger partial charge is 0.493 e. The van der Waals surface area contributed by atoms with Crippen molar-refractivity contribution in [2.45, 2.75) is 13.5 Å². The summed E-state index contributed by atoms with van der Waals surface area (Å²) in [5.41, 5.74) is 1.06. The molecule has 0 aliphatic carbocycles. The number of aromatic nitrogens is 4. The van der Waals surface area contributed by atoms with E-state index in [2.05, 4.69) is 20.8 Å². The molecule has 0 aliphatic heterocycles. The van der Waals surface area contributed by atoms with E-state index in [9.17, 15) is 0 Å². The lowest BCUT2D eigenvalue weighted by Gasteiger charge is -2.11. The van der Waals surface area contributed by atoms with E-state index in [4.69, 9.17) is 9.47 Å². The maximum atomic E-state index is 5.47. The number of methoxy groups -OCH3 is 1. The molecule has 0 atom stereocenters. The number of ether oxygens (including phenoxy) is 2. The van der Waals surface area contributed by atoms with Crippen molar-refractivity contribution in [1.29, 1.82) is 0 Å². The predicted molar refractivity (Wildman–Crippen MR) is 70.3 cm³/mol. The zero-order valence-corrected chi connectivity index (χ0v) is 11.3. The van der Waals surface area contributed by atoms with Crippen LogP contribution in [0.5, 0.6) is 11.5 Å². The lowest BCUT2D eigenvalue weighted by molar-refractivity contribution is 0.310. The van der Waals surface area contributed by atoms with Crippen LogP contribution in [0, 0.1) is 0 Å². The molecule has 0 bridgehead atoms. The quantitative estimate of drug-likeness (QED) is 0.845. The molecule has 2 aromatic rings. The van der Waals surface area contributed by atoms with Gasteiger partial charge >= 0.3 is 0 Å². The van der Waals surface area contributed by atoms with Crippen molar-refractivity contribution < 1.29 is 9.47 Å². The summed E-state index contributed by atoms with van der Waals surface area (Å²) in [5, 5.41) is 14.3. The van der Waals surface area contributed by atoms with Gasteiger partial charge in [-0.25, -0.2) is 4.68 Å². The van der Waals surface area contributed by atoms with Gasteiger partial charge in [0, 0.05) is 13.6 Å². The fraction of sp³-hybridized carbons (Fsp3) is 0.417. The first-order chi connectivity index (χ1) is 9.24. The number of rotatable bonds is 6. The molecule has 0 amide bonds. The van der Waals surface area contributed by atoms with E-state index in [0.717, 1.165) is 17.1 Å². The normalized spacial score (nSPS) is 10.3. The monoisotopic (exact) mass is 263 g/mol. The van der Waals surface area contributed by atoms with Crippen LogP contribution in [0.2, 0.25) is 0 Å². The van der Waals surface area contributed by atoms with Crippen LogP contribution in [0.15, 0.2) is 18.2 Å². The highest BCUT2D eigenvalue weighted by Gasteiger charge is 2.06. The van der Waals surface area contributed by atoms with Crippen molar-refractivity contribution >= 4 is 5.95 Å².